The van der Waals surface area contributed by atoms with Crippen LogP contribution in [0, 0.1) is 18.8 Å². The maximum absolute atomic E-state index is 13.6. The van der Waals surface area contributed by atoms with Gasteiger partial charge >= 0.3 is 5.97 Å². The molecule has 2 aliphatic heterocycles. The summed E-state index contributed by atoms with van der Waals surface area (Å²) >= 11 is 6.26. The minimum atomic E-state index is -1.60. The number of carboxylic acid groups (broad SMARTS) is 1. The zero-order chi connectivity index (χ0) is 25.6. The van der Waals surface area contributed by atoms with Gasteiger partial charge in [-0.2, -0.15) is 0 Å². The van der Waals surface area contributed by atoms with E-state index in [1.54, 1.807) is 18.2 Å². The van der Waals surface area contributed by atoms with E-state index >= 15 is 0 Å². The van der Waals surface area contributed by atoms with Gasteiger partial charge in [0.2, 0.25) is 11.8 Å². The number of nitrogens with zero attached hydrogens (tertiary/aromatic N) is 1. The summed E-state index contributed by atoms with van der Waals surface area (Å²) in [5, 5.41) is 13.6. The molecule has 0 spiro atoms. The lowest BCUT2D eigenvalue weighted by atomic mass is 9.80. The number of halogens is 1. The minimum Gasteiger partial charge on any atom is -0.480 e. The Balaban J connectivity index is 1.48. The Morgan fingerprint density at radius 3 is 2.22 bits per heavy atom. The molecular formula is C29H25ClN2O4. The van der Waals surface area contributed by atoms with E-state index in [2.05, 4.69) is 5.32 Å². The number of rotatable bonds is 5. The van der Waals surface area contributed by atoms with Gasteiger partial charge in [-0.05, 0) is 48.2 Å². The minimum absolute atomic E-state index is 0.350. The topological polar surface area (TPSA) is 86.7 Å². The second-order valence-electron chi connectivity index (χ2n) is 9.49. The first kappa shape index (κ1) is 24.0. The normalized spacial score (nSPS) is 25.5. The molecule has 36 heavy (non-hydrogen) atoms. The quantitative estimate of drug-likeness (QED) is 0.375. The monoisotopic (exact) mass is 500 g/mol. The Morgan fingerprint density at radius 1 is 0.972 bits per heavy atom. The summed E-state index contributed by atoms with van der Waals surface area (Å²) in [5.74, 6) is -4.05. The number of carbonyl (C=O) groups excluding carboxylic acids is 2. The van der Waals surface area contributed by atoms with E-state index in [4.69, 9.17) is 11.6 Å². The first-order chi connectivity index (χ1) is 17.2. The Labute approximate surface area is 214 Å². The van der Waals surface area contributed by atoms with Crippen molar-refractivity contribution in [3.05, 3.63) is 100 Å². The molecule has 0 saturated carbocycles. The number of hydrogen-bond donors (Lipinski definition) is 2. The van der Waals surface area contributed by atoms with Gasteiger partial charge < -0.3 is 5.11 Å². The highest BCUT2D eigenvalue weighted by Gasteiger charge is 2.66. The molecule has 2 N–H and O–H groups in total. The van der Waals surface area contributed by atoms with Crippen molar-refractivity contribution in [1.82, 2.24) is 5.32 Å². The van der Waals surface area contributed by atoms with Crippen LogP contribution in [-0.2, 0) is 14.4 Å². The van der Waals surface area contributed by atoms with Crippen molar-refractivity contribution < 1.29 is 19.5 Å². The van der Waals surface area contributed by atoms with Crippen molar-refractivity contribution >= 4 is 47.2 Å². The molecule has 0 bridgehead atoms. The number of aliphatic carboxylic acids is 1. The number of fused-ring (bicyclic) bond motifs is 1. The Bertz CT molecular complexity index is 1390. The molecule has 2 aliphatic rings. The van der Waals surface area contributed by atoms with Gasteiger partial charge in [0.25, 0.3) is 0 Å². The van der Waals surface area contributed by atoms with E-state index < -0.39 is 41.2 Å². The largest absolute Gasteiger partial charge is 0.480 e. The standard InChI is InChI=1S/C29H25ClN2O4/c1-17-8-15-21(16-22(17)30)32-26(33)23-24(27(32)34)29(2,28(35)36)31-25(23)20-13-11-19(12-14-20)10-9-18-6-4-3-5-7-18/h3-16,23-25,31H,1-2H3,(H,35,36). The van der Waals surface area contributed by atoms with Crippen molar-refractivity contribution in [3.8, 4) is 0 Å². The summed E-state index contributed by atoms with van der Waals surface area (Å²) in [6.07, 6.45) is 3.99. The summed E-state index contributed by atoms with van der Waals surface area (Å²) in [6.45, 7) is 3.30. The molecule has 3 aromatic rings. The van der Waals surface area contributed by atoms with E-state index in [1.807, 2.05) is 73.7 Å². The fourth-order valence-electron chi connectivity index (χ4n) is 5.17. The van der Waals surface area contributed by atoms with Gasteiger partial charge in [-0.15, -0.1) is 0 Å². The van der Waals surface area contributed by atoms with Crippen LogP contribution in [0.25, 0.3) is 12.2 Å². The lowest BCUT2D eigenvalue weighted by Crippen LogP contribution is -2.53. The average Bonchev–Trinajstić information content (AvgIpc) is 3.34. The van der Waals surface area contributed by atoms with E-state index in [1.165, 1.54) is 6.92 Å². The fourth-order valence-corrected chi connectivity index (χ4v) is 5.34. The highest BCUT2D eigenvalue weighted by atomic mass is 35.5. The SMILES string of the molecule is Cc1ccc(N2C(=O)C3C(c4ccc(C=Cc5ccccc5)cc4)NC(C)(C(=O)O)C3C2=O)cc1Cl. The van der Waals surface area contributed by atoms with Crippen LogP contribution >= 0.6 is 11.6 Å². The van der Waals surface area contributed by atoms with Gasteiger partial charge in [-0.25, -0.2) is 4.90 Å². The number of nitrogens with one attached hydrogen (secondary N) is 1. The zero-order valence-electron chi connectivity index (χ0n) is 19.8. The highest BCUT2D eigenvalue weighted by molar-refractivity contribution is 6.32. The maximum Gasteiger partial charge on any atom is 0.324 e. The molecule has 4 atom stereocenters. The smallest absolute Gasteiger partial charge is 0.324 e. The Morgan fingerprint density at radius 2 is 1.61 bits per heavy atom. The van der Waals surface area contributed by atoms with Gasteiger partial charge in [0.15, 0.2) is 0 Å². The third-order valence-electron chi connectivity index (χ3n) is 7.21. The van der Waals surface area contributed by atoms with Crippen molar-refractivity contribution in [2.24, 2.45) is 11.8 Å². The fraction of sp³-hybridized carbons (Fsp3) is 0.207. The lowest BCUT2D eigenvalue weighted by molar-refractivity contribution is -0.147. The van der Waals surface area contributed by atoms with Crippen LogP contribution in [0.4, 0.5) is 5.69 Å². The van der Waals surface area contributed by atoms with Crippen molar-refractivity contribution in [1.29, 1.82) is 0 Å². The van der Waals surface area contributed by atoms with E-state index in [0.29, 0.717) is 10.7 Å². The molecule has 0 aromatic heterocycles. The molecule has 2 heterocycles. The van der Waals surface area contributed by atoms with Gasteiger partial charge in [0.05, 0.1) is 17.5 Å². The molecule has 6 nitrogen and oxygen atoms in total. The molecule has 0 radical (unpaired) electrons. The summed E-state index contributed by atoms with van der Waals surface area (Å²) in [5.41, 5.74) is 2.35. The molecule has 182 valence electrons. The third kappa shape index (κ3) is 3.92. The summed E-state index contributed by atoms with van der Waals surface area (Å²) in [7, 11) is 0. The molecule has 0 aliphatic carbocycles. The van der Waals surface area contributed by atoms with Gasteiger partial charge in [0, 0.05) is 11.1 Å². The van der Waals surface area contributed by atoms with Crippen LogP contribution in [-0.4, -0.2) is 28.4 Å². The van der Waals surface area contributed by atoms with Crippen molar-refractivity contribution in [3.63, 3.8) is 0 Å². The van der Waals surface area contributed by atoms with Gasteiger partial charge in [-0.1, -0.05) is 84.4 Å². The molecule has 3 aromatic carbocycles. The number of amides is 2. The van der Waals surface area contributed by atoms with Crippen molar-refractivity contribution in [2.45, 2.75) is 25.4 Å². The predicted molar refractivity (Wildman–Crippen MR) is 139 cm³/mol. The molecule has 2 amide bonds. The molecule has 2 saturated heterocycles. The van der Waals surface area contributed by atoms with Gasteiger partial charge in [-0.3, -0.25) is 19.7 Å². The number of aryl methyl sites for hydroxylation is 1. The number of anilines is 1. The molecule has 7 heteroatoms. The zero-order valence-corrected chi connectivity index (χ0v) is 20.6. The van der Waals surface area contributed by atoms with Crippen LogP contribution in [0.5, 0.6) is 0 Å². The van der Waals surface area contributed by atoms with Gasteiger partial charge in [0.1, 0.15) is 5.54 Å². The summed E-state index contributed by atoms with van der Waals surface area (Å²) in [4.78, 5) is 40.6. The predicted octanol–water partition coefficient (Wildman–Crippen LogP) is 5.11. The number of benzene rings is 3. The van der Waals surface area contributed by atoms with Crippen LogP contribution in [0.15, 0.2) is 72.8 Å². The molecule has 2 fully saturated rings. The molecule has 4 unspecified atom stereocenters. The summed E-state index contributed by atoms with van der Waals surface area (Å²) in [6, 6.07) is 21.8. The highest BCUT2D eigenvalue weighted by Crippen LogP contribution is 2.49. The van der Waals surface area contributed by atoms with E-state index in [9.17, 15) is 19.5 Å². The van der Waals surface area contributed by atoms with E-state index in [0.717, 1.165) is 27.2 Å². The number of imide groups is 1. The third-order valence-corrected chi connectivity index (χ3v) is 7.62. The number of carbonyl (C=O) groups is 3. The molecular weight excluding hydrogens is 476 g/mol. The second kappa shape index (κ2) is 9.04. The average molecular weight is 501 g/mol. The molecule has 5 rings (SSSR count). The maximum atomic E-state index is 13.6. The Kier molecular flexibility index (Phi) is 6.02. The number of carboxylic acids is 1. The number of hydrogen-bond acceptors (Lipinski definition) is 4. The first-order valence-electron chi connectivity index (χ1n) is 11.7. The lowest BCUT2D eigenvalue weighted by Gasteiger charge is -2.27. The van der Waals surface area contributed by atoms with Crippen molar-refractivity contribution in [2.75, 3.05) is 4.90 Å². The first-order valence-corrected chi connectivity index (χ1v) is 12.1. The van der Waals surface area contributed by atoms with Crippen LogP contribution < -0.4 is 10.2 Å². The summed E-state index contributed by atoms with van der Waals surface area (Å²) < 4.78 is 0. The van der Waals surface area contributed by atoms with Crippen LogP contribution in [0.2, 0.25) is 5.02 Å². The van der Waals surface area contributed by atoms with Crippen LogP contribution in [0.3, 0.4) is 0 Å². The second-order valence-corrected chi connectivity index (χ2v) is 9.90. The Hall–Kier alpha value is -3.74. The van der Waals surface area contributed by atoms with E-state index in [-0.39, 0.29) is 0 Å². The van der Waals surface area contributed by atoms with Crippen LogP contribution in [0.1, 0.15) is 35.2 Å².